The Morgan fingerprint density at radius 2 is 2.44 bits per heavy atom. The predicted molar refractivity (Wildman–Crippen MR) is 67.8 cm³/mol. The molecule has 0 spiro atoms. The number of nitrogens with zero attached hydrogens (tertiary/aromatic N) is 1. The van der Waals surface area contributed by atoms with Crippen molar-refractivity contribution in [1.29, 1.82) is 0 Å². The van der Waals surface area contributed by atoms with Crippen molar-refractivity contribution in [2.24, 2.45) is 10.9 Å². The van der Waals surface area contributed by atoms with Crippen LogP contribution in [0.1, 0.15) is 27.2 Å². The maximum atomic E-state index is 11.1. The lowest BCUT2D eigenvalue weighted by Gasteiger charge is -2.28. The van der Waals surface area contributed by atoms with Crippen molar-refractivity contribution in [3.63, 3.8) is 0 Å². The fourth-order valence-electron chi connectivity index (χ4n) is 1.49. The van der Waals surface area contributed by atoms with Crippen molar-refractivity contribution in [2.45, 2.75) is 33.2 Å². The Hall–Kier alpha value is -0.710. The molecule has 1 aliphatic rings. The quantitative estimate of drug-likeness (QED) is 0.764. The summed E-state index contributed by atoms with van der Waals surface area (Å²) in [7, 11) is 0. The van der Waals surface area contributed by atoms with Crippen molar-refractivity contribution in [3.05, 3.63) is 0 Å². The molecule has 0 aromatic rings. The Kier molecular flexibility index (Phi) is 5.66. The van der Waals surface area contributed by atoms with Gasteiger partial charge < -0.3 is 10.1 Å². The number of carbonyl (C=O) groups excluding carboxylic acids is 1. The van der Waals surface area contributed by atoms with Crippen LogP contribution in [-0.4, -0.2) is 36.1 Å². The fraction of sp³-hybridized carbons (Fsp3) is 0.818. The molecule has 0 radical (unpaired) electrons. The standard InChI is InChI=1S/C11H20N2O2S/c1-4-15-10(14)7-12-11-13-9(8(2)3)5-6-16-11/h8-9H,4-7H2,1-3H3,(H,12,13). The molecule has 1 fully saturated rings. The number of nitrogens with one attached hydrogen (secondary N) is 1. The molecule has 1 aliphatic heterocycles. The first-order valence-corrected chi connectivity index (χ1v) is 6.71. The molecule has 0 amide bonds. The molecule has 1 unspecified atom stereocenters. The molecule has 0 aromatic carbocycles. The zero-order chi connectivity index (χ0) is 12.0. The van der Waals surface area contributed by atoms with Crippen molar-refractivity contribution >= 4 is 22.9 Å². The highest BCUT2D eigenvalue weighted by Crippen LogP contribution is 2.18. The highest BCUT2D eigenvalue weighted by atomic mass is 32.2. The van der Waals surface area contributed by atoms with Gasteiger partial charge in [-0.3, -0.25) is 9.79 Å². The van der Waals surface area contributed by atoms with Crippen LogP contribution in [0.2, 0.25) is 0 Å². The minimum Gasteiger partial charge on any atom is -0.465 e. The molecule has 5 heteroatoms. The second-order valence-corrected chi connectivity index (χ2v) is 5.14. The Bertz CT molecular complexity index is 267. The van der Waals surface area contributed by atoms with Crippen LogP contribution in [0, 0.1) is 5.92 Å². The van der Waals surface area contributed by atoms with Gasteiger partial charge >= 0.3 is 5.97 Å². The van der Waals surface area contributed by atoms with Gasteiger partial charge in [-0.15, -0.1) is 0 Å². The molecule has 0 aromatic heterocycles. The summed E-state index contributed by atoms with van der Waals surface area (Å²) in [4.78, 5) is 15.4. The first-order valence-electron chi connectivity index (χ1n) is 5.73. The summed E-state index contributed by atoms with van der Waals surface area (Å²) in [6, 6.07) is 0.474. The van der Waals surface area contributed by atoms with E-state index in [1.165, 1.54) is 0 Å². The third kappa shape index (κ3) is 4.43. The summed E-state index contributed by atoms with van der Waals surface area (Å²) < 4.78 is 4.82. The molecule has 92 valence electrons. The van der Waals surface area contributed by atoms with E-state index < -0.39 is 0 Å². The number of esters is 1. The van der Waals surface area contributed by atoms with Crippen LogP contribution in [0.4, 0.5) is 0 Å². The molecule has 0 aliphatic carbocycles. The Morgan fingerprint density at radius 3 is 3.06 bits per heavy atom. The predicted octanol–water partition coefficient (Wildman–Crippen LogP) is 1.66. The van der Waals surface area contributed by atoms with Crippen LogP contribution in [0.25, 0.3) is 0 Å². The van der Waals surface area contributed by atoms with Crippen molar-refractivity contribution < 1.29 is 9.53 Å². The number of thioether (sulfide) groups is 1. The lowest BCUT2D eigenvalue weighted by molar-refractivity contribution is -0.141. The highest BCUT2D eigenvalue weighted by molar-refractivity contribution is 8.13. The fourth-order valence-corrected chi connectivity index (χ4v) is 2.44. The van der Waals surface area contributed by atoms with Gasteiger partial charge in [-0.2, -0.15) is 0 Å². The first kappa shape index (κ1) is 13.4. The number of hydrogen-bond donors (Lipinski definition) is 1. The minimum absolute atomic E-state index is 0.119. The minimum atomic E-state index is -0.260. The van der Waals surface area contributed by atoms with Gasteiger partial charge in [0.2, 0.25) is 0 Å². The van der Waals surface area contributed by atoms with Crippen LogP contribution in [0.3, 0.4) is 0 Å². The van der Waals surface area contributed by atoms with Gasteiger partial charge in [0.05, 0.1) is 6.61 Å². The van der Waals surface area contributed by atoms with Crippen molar-refractivity contribution in [3.8, 4) is 0 Å². The Morgan fingerprint density at radius 1 is 1.69 bits per heavy atom. The van der Waals surface area contributed by atoms with E-state index in [1.807, 2.05) is 0 Å². The highest BCUT2D eigenvalue weighted by Gasteiger charge is 2.20. The van der Waals surface area contributed by atoms with E-state index in [-0.39, 0.29) is 12.5 Å². The second-order valence-electron chi connectivity index (χ2n) is 4.06. The summed E-state index contributed by atoms with van der Waals surface area (Å²) >= 11 is 1.68. The average Bonchev–Trinajstić information content (AvgIpc) is 2.27. The molecular weight excluding hydrogens is 224 g/mol. The molecule has 1 rings (SSSR count). The van der Waals surface area contributed by atoms with Crippen LogP contribution in [0.5, 0.6) is 0 Å². The lowest BCUT2D eigenvalue weighted by Crippen LogP contribution is -2.41. The van der Waals surface area contributed by atoms with E-state index in [2.05, 4.69) is 24.2 Å². The second kappa shape index (κ2) is 6.78. The van der Waals surface area contributed by atoms with Gasteiger partial charge in [-0.25, -0.2) is 0 Å². The molecule has 1 atom stereocenters. The first-order chi connectivity index (χ1) is 7.63. The molecular formula is C11H20N2O2S. The van der Waals surface area contributed by atoms with Gasteiger partial charge in [0, 0.05) is 11.8 Å². The summed E-state index contributed by atoms with van der Waals surface area (Å²) in [5.74, 6) is 1.40. The molecule has 1 saturated heterocycles. The summed E-state index contributed by atoms with van der Waals surface area (Å²) in [5, 5.41) is 4.23. The van der Waals surface area contributed by atoms with Crippen LogP contribution in [-0.2, 0) is 9.53 Å². The van der Waals surface area contributed by atoms with Gasteiger partial charge in [0.15, 0.2) is 5.17 Å². The van der Waals surface area contributed by atoms with Crippen molar-refractivity contribution in [1.82, 2.24) is 5.32 Å². The Balaban J connectivity index is 2.41. The zero-order valence-corrected chi connectivity index (χ0v) is 11.0. The third-order valence-electron chi connectivity index (χ3n) is 2.44. The van der Waals surface area contributed by atoms with E-state index >= 15 is 0 Å². The summed E-state index contributed by atoms with van der Waals surface area (Å²) in [6.45, 7) is 6.72. The normalized spacial score (nSPS) is 23.2. The number of amidine groups is 1. The van der Waals surface area contributed by atoms with Crippen LogP contribution in [0.15, 0.2) is 4.99 Å². The average molecular weight is 244 g/mol. The molecule has 0 bridgehead atoms. The number of carbonyl (C=O) groups is 1. The monoisotopic (exact) mass is 244 g/mol. The van der Waals surface area contributed by atoms with E-state index in [0.717, 1.165) is 17.3 Å². The van der Waals surface area contributed by atoms with Gasteiger partial charge in [-0.1, -0.05) is 25.6 Å². The van der Waals surface area contributed by atoms with E-state index in [1.54, 1.807) is 18.7 Å². The smallest absolute Gasteiger partial charge is 0.327 e. The van der Waals surface area contributed by atoms with Gasteiger partial charge in [-0.05, 0) is 19.3 Å². The van der Waals surface area contributed by atoms with E-state index in [0.29, 0.717) is 18.6 Å². The largest absolute Gasteiger partial charge is 0.465 e. The van der Waals surface area contributed by atoms with E-state index in [4.69, 9.17) is 4.74 Å². The maximum Gasteiger partial charge on any atom is 0.327 e. The zero-order valence-electron chi connectivity index (χ0n) is 10.2. The molecule has 1 heterocycles. The number of rotatable bonds is 4. The SMILES string of the molecule is CCOC(=O)CN=C1NC(C(C)C)CCS1. The lowest BCUT2D eigenvalue weighted by atomic mass is 10.0. The Labute approximate surface area is 101 Å². The topological polar surface area (TPSA) is 50.7 Å². The molecule has 1 N–H and O–H groups in total. The summed E-state index contributed by atoms with van der Waals surface area (Å²) in [5.41, 5.74) is 0. The summed E-state index contributed by atoms with van der Waals surface area (Å²) in [6.07, 6.45) is 1.15. The molecule has 0 saturated carbocycles. The number of ether oxygens (including phenoxy) is 1. The molecule has 16 heavy (non-hydrogen) atoms. The van der Waals surface area contributed by atoms with Gasteiger partial charge in [0.25, 0.3) is 0 Å². The van der Waals surface area contributed by atoms with Crippen molar-refractivity contribution in [2.75, 3.05) is 18.9 Å². The van der Waals surface area contributed by atoms with Gasteiger partial charge in [0.1, 0.15) is 6.54 Å². The van der Waals surface area contributed by atoms with E-state index in [9.17, 15) is 4.79 Å². The number of hydrogen-bond acceptors (Lipinski definition) is 4. The number of aliphatic imine (C=N–C) groups is 1. The molecule has 4 nitrogen and oxygen atoms in total. The maximum absolute atomic E-state index is 11.1. The van der Waals surface area contributed by atoms with Crippen LogP contribution >= 0.6 is 11.8 Å². The third-order valence-corrected chi connectivity index (χ3v) is 3.40. The van der Waals surface area contributed by atoms with Crippen LogP contribution < -0.4 is 5.32 Å².